The molecule has 0 amide bonds. The Morgan fingerprint density at radius 2 is 2.03 bits per heavy atom. The van der Waals surface area contributed by atoms with Crippen molar-refractivity contribution in [1.29, 1.82) is 0 Å². The number of hydrogen-bond acceptors (Lipinski definition) is 3. The first-order valence-corrected chi connectivity index (χ1v) is 11.1. The molecule has 7 heteroatoms. The van der Waals surface area contributed by atoms with Gasteiger partial charge in [0.1, 0.15) is 34.0 Å². The number of H-pyrrole nitrogens is 1. The van der Waals surface area contributed by atoms with E-state index < -0.39 is 11.0 Å². The fourth-order valence-electron chi connectivity index (χ4n) is 4.01. The smallest absolute Gasteiger partial charge is 0.146 e. The summed E-state index contributed by atoms with van der Waals surface area (Å²) in [6.07, 6.45) is 8.15. The molecule has 1 unspecified atom stereocenters. The van der Waals surface area contributed by atoms with E-state index in [1.54, 1.807) is 30.8 Å². The topological polar surface area (TPSA) is 62.1 Å². The average molecular weight is 409 g/mol. The van der Waals surface area contributed by atoms with Crippen LogP contribution in [0.5, 0.6) is 0 Å². The number of halogens is 1. The predicted molar refractivity (Wildman–Crippen MR) is 114 cm³/mol. The molecule has 1 aliphatic rings. The van der Waals surface area contributed by atoms with Gasteiger partial charge in [0.15, 0.2) is 0 Å². The Bertz CT molecular complexity index is 1200. The number of aryl methyl sites for hydroxylation is 1. The van der Waals surface area contributed by atoms with Crippen LogP contribution >= 0.6 is 0 Å². The number of fused-ring (bicyclic) bond motifs is 2. The Morgan fingerprint density at radius 1 is 1.21 bits per heavy atom. The highest BCUT2D eigenvalue weighted by Gasteiger charge is 2.24. The normalized spacial score (nSPS) is 15.3. The maximum atomic E-state index is 13.5. The molecule has 5 rings (SSSR count). The van der Waals surface area contributed by atoms with Gasteiger partial charge in [-0.2, -0.15) is 0 Å². The summed E-state index contributed by atoms with van der Waals surface area (Å²) in [5.41, 5.74) is 4.45. The van der Waals surface area contributed by atoms with Crippen molar-refractivity contribution >= 4 is 27.6 Å². The highest BCUT2D eigenvalue weighted by molar-refractivity contribution is 7.85. The van der Waals surface area contributed by atoms with Crippen molar-refractivity contribution in [2.24, 2.45) is 0 Å². The van der Waals surface area contributed by atoms with Crippen molar-refractivity contribution in [2.45, 2.75) is 19.3 Å². The number of nitrogens with one attached hydrogen (secondary N) is 1. The van der Waals surface area contributed by atoms with Crippen LogP contribution in [0.3, 0.4) is 0 Å². The second-order valence-corrected chi connectivity index (χ2v) is 8.50. The monoisotopic (exact) mass is 409 g/mol. The average Bonchev–Trinajstić information content (AvgIpc) is 3.29. The summed E-state index contributed by atoms with van der Waals surface area (Å²) in [4.78, 5) is 7.61. The summed E-state index contributed by atoms with van der Waals surface area (Å²) in [5.74, 6) is 1.05. The second kappa shape index (κ2) is 7.15. The Morgan fingerprint density at radius 3 is 2.76 bits per heavy atom. The lowest BCUT2D eigenvalue weighted by atomic mass is 10.0. The molecule has 1 N–H and O–H groups in total. The number of aromatic amines is 1. The molecule has 0 bridgehead atoms. The zero-order chi connectivity index (χ0) is 20.0. The standard InChI is InChI=1S/C22H20FN3O2S/c1-29(27)26-11-3-2-4-15-12-17-19(13-18(15)26)28-21(14-5-7-16(23)8-6-14)20(17)22-24-9-10-25-22/h5-10,12-13H,2-4,11H2,1H3,(H,24,25). The summed E-state index contributed by atoms with van der Waals surface area (Å²) in [6, 6.07) is 10.4. The van der Waals surface area contributed by atoms with Crippen LogP contribution in [0, 0.1) is 5.82 Å². The Labute approximate surface area is 170 Å². The predicted octanol–water partition coefficient (Wildman–Crippen LogP) is 5.07. The molecule has 0 spiro atoms. The van der Waals surface area contributed by atoms with Crippen LogP contribution in [-0.4, -0.2) is 27.0 Å². The van der Waals surface area contributed by atoms with E-state index in [2.05, 4.69) is 16.0 Å². The summed E-state index contributed by atoms with van der Waals surface area (Å²) in [5, 5.41) is 0.946. The minimum Gasteiger partial charge on any atom is -0.455 e. The van der Waals surface area contributed by atoms with Gasteiger partial charge in [-0.05, 0) is 55.2 Å². The molecule has 29 heavy (non-hydrogen) atoms. The zero-order valence-electron chi connectivity index (χ0n) is 15.9. The number of furan rings is 1. The minimum absolute atomic E-state index is 0.294. The number of nitrogens with zero attached hydrogens (tertiary/aromatic N) is 2. The van der Waals surface area contributed by atoms with Gasteiger partial charge in [-0.3, -0.25) is 4.31 Å². The molecular weight excluding hydrogens is 389 g/mol. The number of rotatable bonds is 3. The van der Waals surface area contributed by atoms with Crippen LogP contribution in [0.4, 0.5) is 10.1 Å². The lowest BCUT2D eigenvalue weighted by Crippen LogP contribution is -2.25. The fraction of sp³-hybridized carbons (Fsp3) is 0.227. The third kappa shape index (κ3) is 3.15. The highest BCUT2D eigenvalue weighted by Crippen LogP contribution is 2.42. The van der Waals surface area contributed by atoms with Crippen molar-refractivity contribution in [2.75, 3.05) is 17.1 Å². The van der Waals surface area contributed by atoms with Gasteiger partial charge in [-0.25, -0.2) is 13.6 Å². The molecule has 0 fully saturated rings. The summed E-state index contributed by atoms with van der Waals surface area (Å²) >= 11 is 0. The first-order valence-electron chi connectivity index (χ1n) is 9.58. The molecule has 2 aromatic carbocycles. The number of anilines is 1. The first kappa shape index (κ1) is 18.1. The van der Waals surface area contributed by atoms with Crippen LogP contribution in [0.2, 0.25) is 0 Å². The minimum atomic E-state index is -1.10. The second-order valence-electron chi connectivity index (χ2n) is 7.21. The van der Waals surface area contributed by atoms with E-state index in [0.717, 1.165) is 53.6 Å². The molecule has 4 aromatic rings. The van der Waals surface area contributed by atoms with Crippen LogP contribution in [0.25, 0.3) is 33.7 Å². The molecular formula is C22H20FN3O2S. The van der Waals surface area contributed by atoms with Gasteiger partial charge >= 0.3 is 0 Å². The van der Waals surface area contributed by atoms with Gasteiger partial charge in [0.25, 0.3) is 0 Å². The van der Waals surface area contributed by atoms with Gasteiger partial charge in [0.2, 0.25) is 0 Å². The van der Waals surface area contributed by atoms with Crippen molar-refractivity contribution in [3.63, 3.8) is 0 Å². The Kier molecular flexibility index (Phi) is 4.47. The van der Waals surface area contributed by atoms with Gasteiger partial charge < -0.3 is 9.40 Å². The fourth-order valence-corrected chi connectivity index (χ4v) is 4.84. The van der Waals surface area contributed by atoms with Crippen LogP contribution in [0.15, 0.2) is 53.2 Å². The lowest BCUT2D eigenvalue weighted by Gasteiger charge is -2.21. The van der Waals surface area contributed by atoms with Gasteiger partial charge in [-0.15, -0.1) is 0 Å². The van der Waals surface area contributed by atoms with Crippen LogP contribution in [0.1, 0.15) is 18.4 Å². The van der Waals surface area contributed by atoms with E-state index in [1.165, 1.54) is 12.1 Å². The van der Waals surface area contributed by atoms with E-state index in [-0.39, 0.29) is 5.82 Å². The largest absolute Gasteiger partial charge is 0.455 e. The quantitative estimate of drug-likeness (QED) is 0.514. The van der Waals surface area contributed by atoms with E-state index in [0.29, 0.717) is 17.2 Å². The van der Waals surface area contributed by atoms with E-state index in [4.69, 9.17) is 4.42 Å². The SMILES string of the molecule is CS(=O)N1CCCCc2cc3c(-c4ncc[nH]4)c(-c4ccc(F)cc4)oc3cc21. The highest BCUT2D eigenvalue weighted by atomic mass is 32.2. The molecule has 5 nitrogen and oxygen atoms in total. The zero-order valence-corrected chi connectivity index (χ0v) is 16.8. The van der Waals surface area contributed by atoms with E-state index in [9.17, 15) is 8.60 Å². The van der Waals surface area contributed by atoms with E-state index >= 15 is 0 Å². The molecule has 2 aromatic heterocycles. The third-order valence-electron chi connectivity index (χ3n) is 5.37. The number of aromatic nitrogens is 2. The Balaban J connectivity index is 1.79. The van der Waals surface area contributed by atoms with Crippen molar-refractivity contribution in [3.05, 3.63) is 60.2 Å². The maximum Gasteiger partial charge on any atom is 0.146 e. The molecule has 1 aliphatic heterocycles. The van der Waals surface area contributed by atoms with Crippen LogP contribution in [-0.2, 0) is 17.4 Å². The summed E-state index contributed by atoms with van der Waals surface area (Å²) < 4.78 is 34.0. The van der Waals surface area contributed by atoms with Crippen molar-refractivity contribution in [3.8, 4) is 22.7 Å². The molecule has 0 saturated heterocycles. The van der Waals surface area contributed by atoms with Crippen LogP contribution < -0.4 is 4.31 Å². The third-order valence-corrected chi connectivity index (χ3v) is 6.37. The molecule has 0 radical (unpaired) electrons. The van der Waals surface area contributed by atoms with E-state index in [1.807, 2.05) is 10.4 Å². The van der Waals surface area contributed by atoms with Gasteiger partial charge in [0, 0.05) is 42.2 Å². The number of hydrogen-bond donors (Lipinski definition) is 1. The number of imidazole rings is 1. The van der Waals surface area contributed by atoms with Crippen molar-refractivity contribution in [1.82, 2.24) is 9.97 Å². The summed E-state index contributed by atoms with van der Waals surface area (Å²) in [6.45, 7) is 0.762. The van der Waals surface area contributed by atoms with Gasteiger partial charge in [0.05, 0.1) is 11.3 Å². The molecule has 0 aliphatic carbocycles. The molecule has 1 atom stereocenters. The van der Waals surface area contributed by atoms with Gasteiger partial charge in [-0.1, -0.05) is 0 Å². The molecule has 0 saturated carbocycles. The first-order chi connectivity index (χ1) is 14.1. The van der Waals surface area contributed by atoms with Crippen molar-refractivity contribution < 1.29 is 13.0 Å². The summed E-state index contributed by atoms with van der Waals surface area (Å²) in [7, 11) is -1.10. The molecule has 3 heterocycles. The molecule has 148 valence electrons. The lowest BCUT2D eigenvalue weighted by molar-refractivity contribution is 0.623. The maximum absolute atomic E-state index is 13.5. The number of benzene rings is 2. The Hall–Kier alpha value is -2.93.